The average molecular weight is 324 g/mol. The molecule has 0 spiro atoms. The van der Waals surface area contributed by atoms with Crippen LogP contribution in [0.1, 0.15) is 32.8 Å². The molecule has 1 aromatic carbocycles. The number of alkyl halides is 1. The van der Waals surface area contributed by atoms with Crippen molar-refractivity contribution < 1.29 is 9.34 Å². The summed E-state index contributed by atoms with van der Waals surface area (Å²) in [5, 5.41) is 10.6. The summed E-state index contributed by atoms with van der Waals surface area (Å²) in [7, 11) is 0. The Balaban J connectivity index is 2.43. The van der Waals surface area contributed by atoms with Gasteiger partial charge in [0.05, 0.1) is 10.9 Å². The molecule has 19 heavy (non-hydrogen) atoms. The number of hydrogen-bond donors (Lipinski definition) is 0. The molecule has 0 aliphatic carbocycles. The first-order chi connectivity index (χ1) is 8.90. The minimum Gasteiger partial charge on any atom is -0.404 e. The van der Waals surface area contributed by atoms with Gasteiger partial charge in [-0.05, 0) is 43.5 Å². The molecular formula is C14H14BrNO3. The van der Waals surface area contributed by atoms with Gasteiger partial charge in [-0.1, -0.05) is 33.6 Å². The van der Waals surface area contributed by atoms with Crippen LogP contribution in [0.4, 0.5) is 5.88 Å². The van der Waals surface area contributed by atoms with Crippen LogP contribution in [0, 0.1) is 30.9 Å². The Hall–Kier alpha value is -1.62. The first-order valence-corrected chi connectivity index (χ1v) is 6.77. The van der Waals surface area contributed by atoms with Crippen molar-refractivity contribution in [3.8, 4) is 0 Å². The van der Waals surface area contributed by atoms with Gasteiger partial charge in [-0.3, -0.25) is 10.1 Å². The topological polar surface area (TPSA) is 56.3 Å². The van der Waals surface area contributed by atoms with Crippen LogP contribution in [-0.4, -0.2) is 4.92 Å². The van der Waals surface area contributed by atoms with Crippen LogP contribution in [-0.2, 0) is 0 Å². The minimum atomic E-state index is -0.530. The highest BCUT2D eigenvalue weighted by Gasteiger charge is 2.21. The predicted octanol–water partition coefficient (Wildman–Crippen LogP) is 4.60. The summed E-state index contributed by atoms with van der Waals surface area (Å²) >= 11 is 3.57. The fraction of sp³-hybridized carbons (Fsp3) is 0.286. The van der Waals surface area contributed by atoms with E-state index in [0.29, 0.717) is 5.76 Å². The molecule has 0 bridgehead atoms. The molecule has 2 rings (SSSR count). The van der Waals surface area contributed by atoms with Crippen molar-refractivity contribution in [3.63, 3.8) is 0 Å². The Bertz CT molecular complexity index is 610. The summed E-state index contributed by atoms with van der Waals surface area (Å²) in [5.41, 5.74) is 4.57. The van der Waals surface area contributed by atoms with Gasteiger partial charge in [-0.15, -0.1) is 0 Å². The fourth-order valence-electron chi connectivity index (χ4n) is 2.31. The molecule has 1 aromatic heterocycles. The van der Waals surface area contributed by atoms with Crippen molar-refractivity contribution in [3.05, 3.63) is 62.4 Å². The van der Waals surface area contributed by atoms with Crippen molar-refractivity contribution in [1.82, 2.24) is 0 Å². The molecular weight excluding hydrogens is 310 g/mol. The van der Waals surface area contributed by atoms with Gasteiger partial charge in [0, 0.05) is 0 Å². The molecule has 2 aromatic rings. The van der Waals surface area contributed by atoms with E-state index in [1.54, 1.807) is 6.07 Å². The summed E-state index contributed by atoms with van der Waals surface area (Å²) in [6.07, 6.45) is 0. The van der Waals surface area contributed by atoms with Gasteiger partial charge in [0.2, 0.25) is 0 Å². The second-order valence-corrected chi connectivity index (χ2v) is 5.52. The van der Waals surface area contributed by atoms with E-state index in [9.17, 15) is 10.1 Å². The van der Waals surface area contributed by atoms with Crippen molar-refractivity contribution in [1.29, 1.82) is 0 Å². The first-order valence-electron chi connectivity index (χ1n) is 5.86. The molecule has 4 nitrogen and oxygen atoms in total. The van der Waals surface area contributed by atoms with Crippen molar-refractivity contribution >= 4 is 21.8 Å². The van der Waals surface area contributed by atoms with E-state index < -0.39 is 4.92 Å². The standard InChI is InChI=1S/C14H14BrNO3/c1-8-6-9(2)13(10(3)7-8)14(15)11-4-5-12(19-11)16(17)18/h4-7,14H,1-3H3. The van der Waals surface area contributed by atoms with Crippen LogP contribution >= 0.6 is 15.9 Å². The van der Waals surface area contributed by atoms with Crippen LogP contribution < -0.4 is 0 Å². The number of benzene rings is 1. The number of hydrogen-bond acceptors (Lipinski definition) is 3. The van der Waals surface area contributed by atoms with Crippen LogP contribution in [0.15, 0.2) is 28.7 Å². The smallest absolute Gasteiger partial charge is 0.404 e. The van der Waals surface area contributed by atoms with E-state index in [2.05, 4.69) is 28.1 Å². The van der Waals surface area contributed by atoms with Crippen LogP contribution in [0.2, 0.25) is 0 Å². The lowest BCUT2D eigenvalue weighted by Gasteiger charge is -2.15. The van der Waals surface area contributed by atoms with Gasteiger partial charge in [0.1, 0.15) is 10.7 Å². The molecule has 100 valence electrons. The molecule has 0 radical (unpaired) electrons. The second kappa shape index (κ2) is 5.17. The maximum atomic E-state index is 10.6. The highest BCUT2D eigenvalue weighted by Crippen LogP contribution is 2.37. The molecule has 0 fully saturated rings. The van der Waals surface area contributed by atoms with Crippen LogP contribution in [0.5, 0.6) is 0 Å². The third-order valence-corrected chi connectivity index (χ3v) is 3.94. The van der Waals surface area contributed by atoms with E-state index in [4.69, 9.17) is 4.42 Å². The van der Waals surface area contributed by atoms with Crippen LogP contribution in [0.3, 0.4) is 0 Å². The zero-order valence-electron chi connectivity index (χ0n) is 10.9. The molecule has 1 heterocycles. The normalized spacial score (nSPS) is 12.4. The fourth-order valence-corrected chi connectivity index (χ4v) is 3.28. The quantitative estimate of drug-likeness (QED) is 0.471. The van der Waals surface area contributed by atoms with Gasteiger partial charge in [0.25, 0.3) is 0 Å². The molecule has 0 aliphatic heterocycles. The number of nitro groups is 1. The minimum absolute atomic E-state index is 0.179. The van der Waals surface area contributed by atoms with Crippen molar-refractivity contribution in [2.24, 2.45) is 0 Å². The Kier molecular flexibility index (Phi) is 3.75. The number of halogens is 1. The SMILES string of the molecule is Cc1cc(C)c(C(Br)c2ccc([N+](=O)[O-])o2)c(C)c1. The van der Waals surface area contributed by atoms with Crippen LogP contribution in [0.25, 0.3) is 0 Å². The van der Waals surface area contributed by atoms with E-state index in [1.807, 2.05) is 20.8 Å². The third kappa shape index (κ3) is 2.71. The Morgan fingerprint density at radius 1 is 1.21 bits per heavy atom. The second-order valence-electron chi connectivity index (χ2n) is 4.61. The highest BCUT2D eigenvalue weighted by molar-refractivity contribution is 9.09. The maximum Gasteiger partial charge on any atom is 0.433 e. The largest absolute Gasteiger partial charge is 0.433 e. The highest BCUT2D eigenvalue weighted by atomic mass is 79.9. The zero-order chi connectivity index (χ0) is 14.2. The van der Waals surface area contributed by atoms with Gasteiger partial charge in [-0.2, -0.15) is 0 Å². The van der Waals surface area contributed by atoms with Crippen molar-refractivity contribution in [2.75, 3.05) is 0 Å². The average Bonchev–Trinajstić information content (AvgIpc) is 2.76. The Morgan fingerprint density at radius 2 is 1.79 bits per heavy atom. The summed E-state index contributed by atoms with van der Waals surface area (Å²) in [6, 6.07) is 7.20. The Morgan fingerprint density at radius 3 is 2.26 bits per heavy atom. The summed E-state index contributed by atoms with van der Waals surface area (Å²) in [6.45, 7) is 6.10. The lowest BCUT2D eigenvalue weighted by Crippen LogP contribution is -1.99. The Labute approximate surface area is 119 Å². The number of nitrogens with zero attached hydrogens (tertiary/aromatic N) is 1. The molecule has 5 heteroatoms. The van der Waals surface area contributed by atoms with Gasteiger partial charge >= 0.3 is 5.88 Å². The summed E-state index contributed by atoms with van der Waals surface area (Å²) < 4.78 is 5.26. The predicted molar refractivity (Wildman–Crippen MR) is 76.8 cm³/mol. The lowest BCUT2D eigenvalue weighted by molar-refractivity contribution is -0.402. The van der Waals surface area contributed by atoms with E-state index in [0.717, 1.165) is 16.7 Å². The summed E-state index contributed by atoms with van der Waals surface area (Å²) in [4.78, 5) is 9.94. The number of furan rings is 1. The van der Waals surface area contributed by atoms with Crippen molar-refractivity contribution in [2.45, 2.75) is 25.6 Å². The van der Waals surface area contributed by atoms with E-state index in [1.165, 1.54) is 11.6 Å². The molecule has 1 atom stereocenters. The maximum absolute atomic E-state index is 10.6. The van der Waals surface area contributed by atoms with E-state index >= 15 is 0 Å². The first kappa shape index (κ1) is 13.8. The summed E-state index contributed by atoms with van der Waals surface area (Å²) in [5.74, 6) is 0.309. The lowest BCUT2D eigenvalue weighted by atomic mass is 9.96. The van der Waals surface area contributed by atoms with Gasteiger partial charge in [-0.25, -0.2) is 0 Å². The molecule has 0 aliphatic rings. The number of rotatable bonds is 3. The monoisotopic (exact) mass is 323 g/mol. The molecule has 0 saturated carbocycles. The third-order valence-electron chi connectivity index (χ3n) is 3.03. The van der Waals surface area contributed by atoms with Gasteiger partial charge < -0.3 is 4.42 Å². The molecule has 0 amide bonds. The molecule has 1 unspecified atom stereocenters. The number of aryl methyl sites for hydroxylation is 3. The molecule has 0 saturated heterocycles. The van der Waals surface area contributed by atoms with E-state index in [-0.39, 0.29) is 10.7 Å². The van der Waals surface area contributed by atoms with Gasteiger partial charge in [0.15, 0.2) is 0 Å². The molecule has 0 N–H and O–H groups in total. The zero-order valence-corrected chi connectivity index (χ0v) is 12.5.